The number of fused-ring (bicyclic) bond motifs is 1. The van der Waals surface area contributed by atoms with Crippen LogP contribution < -0.4 is 10.1 Å². The second kappa shape index (κ2) is 7.51. The van der Waals surface area contributed by atoms with Gasteiger partial charge >= 0.3 is 0 Å². The Morgan fingerprint density at radius 1 is 1.17 bits per heavy atom. The molecule has 0 atom stereocenters. The van der Waals surface area contributed by atoms with Crippen LogP contribution in [0.3, 0.4) is 0 Å². The summed E-state index contributed by atoms with van der Waals surface area (Å²) in [4.78, 5) is 17.3. The topological polar surface area (TPSA) is 84.8 Å². The van der Waals surface area contributed by atoms with Crippen molar-refractivity contribution in [2.24, 2.45) is 0 Å². The van der Waals surface area contributed by atoms with Crippen LogP contribution >= 0.6 is 0 Å². The highest BCUT2D eigenvalue weighted by Gasteiger charge is 2.17. The van der Waals surface area contributed by atoms with Gasteiger partial charge in [-0.1, -0.05) is 24.3 Å². The van der Waals surface area contributed by atoms with Crippen molar-refractivity contribution in [1.29, 1.82) is 0 Å². The first kappa shape index (κ1) is 18.2. The molecule has 150 valence electrons. The van der Waals surface area contributed by atoms with Crippen LogP contribution in [0.25, 0.3) is 22.5 Å². The van der Waals surface area contributed by atoms with Gasteiger partial charge in [-0.2, -0.15) is 5.10 Å². The summed E-state index contributed by atoms with van der Waals surface area (Å²) in [5.74, 6) is 1.58. The number of aromatic amines is 1. The fourth-order valence-corrected chi connectivity index (χ4v) is 3.88. The fraction of sp³-hybridized carbons (Fsp3) is 0.174. The number of amides is 1. The molecule has 7 heteroatoms. The van der Waals surface area contributed by atoms with E-state index in [0.717, 1.165) is 47.7 Å². The number of benzene rings is 2. The number of hydrogen-bond donors (Lipinski definition) is 2. The zero-order valence-electron chi connectivity index (χ0n) is 16.6. The van der Waals surface area contributed by atoms with E-state index in [0.29, 0.717) is 17.1 Å². The number of nitrogens with one attached hydrogen (secondary N) is 2. The van der Waals surface area contributed by atoms with Crippen LogP contribution in [0.2, 0.25) is 0 Å². The number of ether oxygens (including phenoxy) is 1. The fourth-order valence-electron chi connectivity index (χ4n) is 3.88. The molecule has 3 heterocycles. The highest BCUT2D eigenvalue weighted by Crippen LogP contribution is 2.29. The molecular weight excluding hydrogens is 378 g/mol. The predicted octanol–water partition coefficient (Wildman–Crippen LogP) is 4.15. The third kappa shape index (κ3) is 3.24. The number of imidazole rings is 1. The maximum absolute atomic E-state index is 12.8. The quantitative estimate of drug-likeness (QED) is 0.528. The van der Waals surface area contributed by atoms with Crippen LogP contribution in [-0.4, -0.2) is 32.8 Å². The molecule has 0 saturated heterocycles. The zero-order chi connectivity index (χ0) is 20.5. The number of hydrogen-bond acceptors (Lipinski definition) is 4. The molecule has 1 aliphatic heterocycles. The van der Waals surface area contributed by atoms with Crippen LogP contribution in [0, 0.1) is 0 Å². The molecule has 0 radical (unpaired) electrons. The first-order valence-corrected chi connectivity index (χ1v) is 9.88. The summed E-state index contributed by atoms with van der Waals surface area (Å²) < 4.78 is 7.63. The molecule has 0 unspecified atom stereocenters. The van der Waals surface area contributed by atoms with Gasteiger partial charge in [0.05, 0.1) is 24.7 Å². The molecule has 2 aromatic carbocycles. The highest BCUT2D eigenvalue weighted by atomic mass is 16.5. The summed E-state index contributed by atoms with van der Waals surface area (Å²) in [6.45, 7) is 0.987. The third-order valence-corrected chi connectivity index (χ3v) is 5.34. The lowest BCUT2D eigenvalue weighted by atomic mass is 10.1. The Labute approximate surface area is 173 Å². The average Bonchev–Trinajstić information content (AvgIpc) is 3.51. The molecule has 30 heavy (non-hydrogen) atoms. The third-order valence-electron chi connectivity index (χ3n) is 5.34. The van der Waals surface area contributed by atoms with E-state index in [1.807, 2.05) is 54.7 Å². The first-order valence-electron chi connectivity index (χ1n) is 9.88. The number of para-hydroxylation sites is 1. The first-order chi connectivity index (χ1) is 14.7. The summed E-state index contributed by atoms with van der Waals surface area (Å²) in [6.07, 6.45) is 4.05. The summed E-state index contributed by atoms with van der Waals surface area (Å²) >= 11 is 0. The van der Waals surface area contributed by atoms with Crippen LogP contribution in [0.1, 0.15) is 22.7 Å². The number of aromatic nitrogens is 4. The van der Waals surface area contributed by atoms with Gasteiger partial charge in [0.2, 0.25) is 0 Å². The Kier molecular flexibility index (Phi) is 4.55. The Balaban J connectivity index is 1.37. The van der Waals surface area contributed by atoms with Crippen molar-refractivity contribution in [2.75, 3.05) is 12.4 Å². The zero-order valence-corrected chi connectivity index (χ0v) is 16.6. The maximum Gasteiger partial charge on any atom is 0.273 e. The van der Waals surface area contributed by atoms with Gasteiger partial charge < -0.3 is 14.6 Å². The average molecular weight is 399 g/mol. The van der Waals surface area contributed by atoms with Crippen molar-refractivity contribution in [3.8, 4) is 28.3 Å². The molecule has 2 N–H and O–H groups in total. The molecule has 1 amide bonds. The number of carbonyl (C=O) groups excluding carboxylic acids is 1. The minimum atomic E-state index is -0.251. The molecule has 5 rings (SSSR count). The van der Waals surface area contributed by atoms with Gasteiger partial charge in [0, 0.05) is 29.8 Å². The number of aryl methyl sites for hydroxylation is 1. The van der Waals surface area contributed by atoms with E-state index in [9.17, 15) is 4.79 Å². The summed E-state index contributed by atoms with van der Waals surface area (Å²) in [6, 6.07) is 17.1. The van der Waals surface area contributed by atoms with E-state index in [1.165, 1.54) is 0 Å². The number of carbonyl (C=O) groups is 1. The molecule has 0 aliphatic carbocycles. The van der Waals surface area contributed by atoms with Crippen molar-refractivity contribution >= 4 is 11.6 Å². The van der Waals surface area contributed by atoms with E-state index in [2.05, 4.69) is 25.1 Å². The molecular formula is C23H21N5O2. The van der Waals surface area contributed by atoms with Gasteiger partial charge in [0.25, 0.3) is 5.91 Å². The Morgan fingerprint density at radius 3 is 2.97 bits per heavy atom. The molecule has 0 bridgehead atoms. The Bertz CT molecular complexity index is 1220. The number of H-pyrrole nitrogens is 1. The van der Waals surface area contributed by atoms with Gasteiger partial charge in [0.1, 0.15) is 17.3 Å². The Morgan fingerprint density at radius 2 is 2.07 bits per heavy atom. The molecule has 2 aromatic heterocycles. The van der Waals surface area contributed by atoms with Crippen LogP contribution in [0.15, 0.2) is 60.8 Å². The molecule has 0 fully saturated rings. The number of anilines is 1. The van der Waals surface area contributed by atoms with E-state index >= 15 is 0 Å². The van der Waals surface area contributed by atoms with Crippen molar-refractivity contribution < 1.29 is 9.53 Å². The lowest BCUT2D eigenvalue weighted by molar-refractivity contribution is 0.102. The van der Waals surface area contributed by atoms with Crippen molar-refractivity contribution in [1.82, 2.24) is 19.7 Å². The monoisotopic (exact) mass is 399 g/mol. The number of methoxy groups -OCH3 is 1. The minimum absolute atomic E-state index is 0.251. The summed E-state index contributed by atoms with van der Waals surface area (Å²) in [5, 5.41) is 10.0. The second-order valence-corrected chi connectivity index (χ2v) is 7.22. The van der Waals surface area contributed by atoms with Gasteiger partial charge in [0.15, 0.2) is 0 Å². The molecule has 4 aromatic rings. The molecule has 0 saturated carbocycles. The predicted molar refractivity (Wildman–Crippen MR) is 115 cm³/mol. The smallest absolute Gasteiger partial charge is 0.273 e. The van der Waals surface area contributed by atoms with E-state index < -0.39 is 0 Å². The van der Waals surface area contributed by atoms with E-state index in [-0.39, 0.29) is 5.91 Å². The lowest BCUT2D eigenvalue weighted by Crippen LogP contribution is -2.12. The summed E-state index contributed by atoms with van der Waals surface area (Å²) in [5.41, 5.74) is 4.70. The van der Waals surface area contributed by atoms with Crippen molar-refractivity contribution in [3.05, 3.63) is 72.3 Å². The largest absolute Gasteiger partial charge is 0.496 e. The van der Waals surface area contributed by atoms with Crippen LogP contribution in [0.4, 0.5) is 5.69 Å². The maximum atomic E-state index is 12.8. The summed E-state index contributed by atoms with van der Waals surface area (Å²) in [7, 11) is 1.61. The van der Waals surface area contributed by atoms with Gasteiger partial charge in [-0.15, -0.1) is 0 Å². The Hall–Kier alpha value is -3.87. The highest BCUT2D eigenvalue weighted by molar-refractivity contribution is 6.03. The number of rotatable bonds is 5. The van der Waals surface area contributed by atoms with Gasteiger partial charge in [-0.3, -0.25) is 9.89 Å². The molecule has 0 spiro atoms. The van der Waals surface area contributed by atoms with Gasteiger partial charge in [-0.05, 0) is 36.8 Å². The van der Waals surface area contributed by atoms with Crippen LogP contribution in [-0.2, 0) is 13.0 Å². The number of nitrogens with zero attached hydrogens (tertiary/aromatic N) is 3. The van der Waals surface area contributed by atoms with E-state index in [4.69, 9.17) is 4.74 Å². The van der Waals surface area contributed by atoms with E-state index in [1.54, 1.807) is 13.2 Å². The molecule has 1 aliphatic rings. The normalized spacial score (nSPS) is 12.6. The standard InChI is InChI=1S/C23H21N5O2/c1-30-21-9-3-2-8-17(21)18-13-19(27-26-18)23(29)25-16-7-4-6-15(12-16)20-14-24-22-10-5-11-28(20)22/h2-4,6-9,12-14H,5,10-11H2,1H3,(H,25,29)(H,26,27). The molecule has 7 nitrogen and oxygen atoms in total. The van der Waals surface area contributed by atoms with Crippen LogP contribution in [0.5, 0.6) is 5.75 Å². The lowest BCUT2D eigenvalue weighted by Gasteiger charge is -2.08. The SMILES string of the molecule is COc1ccccc1-c1cc(C(=O)Nc2cccc(-c3cnc4n3CCC4)c2)[nH]n1. The minimum Gasteiger partial charge on any atom is -0.496 e. The second-order valence-electron chi connectivity index (χ2n) is 7.22. The van der Waals surface area contributed by atoms with Crippen molar-refractivity contribution in [3.63, 3.8) is 0 Å². The van der Waals surface area contributed by atoms with Crippen molar-refractivity contribution in [2.45, 2.75) is 19.4 Å². The van der Waals surface area contributed by atoms with Gasteiger partial charge in [-0.25, -0.2) is 4.98 Å².